The monoisotopic (exact) mass is 570 g/mol. The van der Waals surface area contributed by atoms with Crippen LogP contribution < -0.4 is 0 Å². The Labute approximate surface area is 253 Å². The molecule has 0 unspecified atom stereocenters. The maximum absolute atomic E-state index is 12.6. The van der Waals surface area contributed by atoms with Crippen LogP contribution in [0.1, 0.15) is 136 Å². The van der Waals surface area contributed by atoms with E-state index in [0.717, 1.165) is 31.2 Å². The smallest absolute Gasteiger partial charge is 0.336 e. The van der Waals surface area contributed by atoms with E-state index in [0.29, 0.717) is 11.1 Å². The van der Waals surface area contributed by atoms with Crippen molar-refractivity contribution in [2.24, 2.45) is 0 Å². The van der Waals surface area contributed by atoms with Gasteiger partial charge in [-0.3, -0.25) is 0 Å². The fourth-order valence-corrected chi connectivity index (χ4v) is 5.80. The summed E-state index contributed by atoms with van der Waals surface area (Å²) in [6, 6.07) is 19.0. The summed E-state index contributed by atoms with van der Waals surface area (Å²) in [5.41, 5.74) is 4.67. The van der Waals surface area contributed by atoms with Crippen LogP contribution in [-0.2, 0) is 12.8 Å². The van der Waals surface area contributed by atoms with Gasteiger partial charge in [0, 0.05) is 5.56 Å². The summed E-state index contributed by atoms with van der Waals surface area (Å²) in [4.78, 5) is 24.8. The minimum absolute atomic E-state index is 0.00605. The Morgan fingerprint density at radius 2 is 0.929 bits per heavy atom. The van der Waals surface area contributed by atoms with Crippen LogP contribution in [0.25, 0.3) is 22.3 Å². The molecule has 0 aromatic heterocycles. The second-order valence-electron chi connectivity index (χ2n) is 11.7. The first-order valence-corrected chi connectivity index (χ1v) is 16.3. The molecule has 0 aliphatic rings. The van der Waals surface area contributed by atoms with Crippen LogP contribution in [0.3, 0.4) is 0 Å². The van der Waals surface area contributed by atoms with Crippen LogP contribution >= 0.6 is 0 Å². The Hall–Kier alpha value is -3.40. The molecule has 0 bridgehead atoms. The number of carbonyl (C=O) groups is 2. The fraction of sp³-hybridized carbons (Fsp3) is 0.474. The number of aromatic carboxylic acids is 2. The van der Waals surface area contributed by atoms with E-state index >= 15 is 0 Å². The van der Waals surface area contributed by atoms with Crippen molar-refractivity contribution < 1.29 is 19.8 Å². The van der Waals surface area contributed by atoms with Crippen molar-refractivity contribution in [3.8, 4) is 22.3 Å². The van der Waals surface area contributed by atoms with E-state index in [2.05, 4.69) is 26.0 Å². The molecule has 3 rings (SSSR count). The summed E-state index contributed by atoms with van der Waals surface area (Å²) in [5, 5.41) is 20.3. The molecule has 3 aromatic rings. The quantitative estimate of drug-likeness (QED) is 0.132. The number of aryl methyl sites for hydroxylation is 2. The van der Waals surface area contributed by atoms with Crippen molar-refractivity contribution in [3.63, 3.8) is 0 Å². The van der Waals surface area contributed by atoms with Crippen molar-refractivity contribution in [3.05, 3.63) is 82.9 Å². The van der Waals surface area contributed by atoms with Crippen LogP contribution in [0.4, 0.5) is 0 Å². The van der Waals surface area contributed by atoms with Gasteiger partial charge in [-0.25, -0.2) is 9.59 Å². The van der Waals surface area contributed by atoms with Gasteiger partial charge in [0.2, 0.25) is 0 Å². The molecule has 0 saturated carbocycles. The zero-order valence-corrected chi connectivity index (χ0v) is 25.8. The first-order valence-electron chi connectivity index (χ1n) is 16.3. The fourth-order valence-electron chi connectivity index (χ4n) is 5.80. The van der Waals surface area contributed by atoms with E-state index in [1.165, 1.54) is 88.2 Å². The second-order valence-corrected chi connectivity index (χ2v) is 11.7. The largest absolute Gasteiger partial charge is 0.478 e. The third kappa shape index (κ3) is 10.2. The average molecular weight is 571 g/mol. The molecule has 4 heteroatoms. The van der Waals surface area contributed by atoms with Gasteiger partial charge in [0.1, 0.15) is 0 Å². The predicted molar refractivity (Wildman–Crippen MR) is 175 cm³/mol. The first kappa shape index (κ1) is 33.1. The Morgan fingerprint density at radius 3 is 1.36 bits per heavy atom. The summed E-state index contributed by atoms with van der Waals surface area (Å²) in [6.07, 6.45) is 19.6. The lowest BCUT2D eigenvalue weighted by Gasteiger charge is -2.16. The van der Waals surface area contributed by atoms with Crippen molar-refractivity contribution >= 4 is 11.9 Å². The van der Waals surface area contributed by atoms with Crippen LogP contribution in [0.5, 0.6) is 0 Å². The lowest BCUT2D eigenvalue weighted by atomic mass is 9.87. The van der Waals surface area contributed by atoms with E-state index in [4.69, 9.17) is 0 Å². The lowest BCUT2D eigenvalue weighted by Crippen LogP contribution is -2.09. The molecule has 2 N–H and O–H groups in total. The van der Waals surface area contributed by atoms with Gasteiger partial charge in [-0.2, -0.15) is 0 Å². The third-order valence-electron chi connectivity index (χ3n) is 8.30. The molecular weight excluding hydrogens is 520 g/mol. The van der Waals surface area contributed by atoms with E-state index in [9.17, 15) is 19.8 Å². The molecule has 0 spiro atoms. The number of hydrogen-bond acceptors (Lipinski definition) is 2. The average Bonchev–Trinajstić information content (AvgIpc) is 3.00. The number of unbranched alkanes of at least 4 members (excludes halogenated alkanes) is 12. The van der Waals surface area contributed by atoms with Gasteiger partial charge in [0.05, 0.1) is 11.1 Å². The molecule has 0 heterocycles. The highest BCUT2D eigenvalue weighted by Crippen LogP contribution is 2.36. The number of rotatable bonds is 20. The minimum Gasteiger partial charge on any atom is -0.478 e. The summed E-state index contributed by atoms with van der Waals surface area (Å²) in [7, 11) is 0. The van der Waals surface area contributed by atoms with Gasteiger partial charge in [-0.1, -0.05) is 145 Å². The molecule has 3 aromatic carbocycles. The molecule has 0 radical (unpaired) electrons. The molecule has 0 amide bonds. The Kier molecular flexibility index (Phi) is 14.3. The Bertz CT molecular complexity index is 1240. The van der Waals surface area contributed by atoms with Crippen molar-refractivity contribution in [2.45, 2.75) is 117 Å². The molecule has 42 heavy (non-hydrogen) atoms. The SMILES string of the molecule is CCCCCCCCCc1ccc(-c2ccc(C(=O)O)c(-c3ccc(CCCCCCCCC)cc3)c2C(=O)O)cc1. The Balaban J connectivity index is 1.75. The van der Waals surface area contributed by atoms with Gasteiger partial charge in [0.15, 0.2) is 0 Å². The number of benzene rings is 3. The van der Waals surface area contributed by atoms with Crippen molar-refractivity contribution in [2.75, 3.05) is 0 Å². The molecule has 0 atom stereocenters. The molecule has 0 aliphatic heterocycles. The topological polar surface area (TPSA) is 74.6 Å². The highest BCUT2D eigenvalue weighted by molar-refractivity contribution is 6.09. The molecule has 4 nitrogen and oxygen atoms in total. The van der Waals surface area contributed by atoms with Gasteiger partial charge < -0.3 is 10.2 Å². The minimum atomic E-state index is -1.13. The summed E-state index contributed by atoms with van der Waals surface area (Å²) >= 11 is 0. The summed E-state index contributed by atoms with van der Waals surface area (Å²) in [5.74, 6) is -2.25. The van der Waals surface area contributed by atoms with Crippen LogP contribution in [0, 0.1) is 0 Å². The van der Waals surface area contributed by atoms with Gasteiger partial charge >= 0.3 is 11.9 Å². The van der Waals surface area contributed by atoms with E-state index in [-0.39, 0.29) is 16.7 Å². The van der Waals surface area contributed by atoms with Crippen molar-refractivity contribution in [1.82, 2.24) is 0 Å². The van der Waals surface area contributed by atoms with Crippen LogP contribution in [-0.4, -0.2) is 22.2 Å². The normalized spacial score (nSPS) is 11.1. The van der Waals surface area contributed by atoms with Gasteiger partial charge in [-0.05, 0) is 59.6 Å². The van der Waals surface area contributed by atoms with E-state index in [1.54, 1.807) is 12.1 Å². The number of carboxylic acid groups (broad SMARTS) is 2. The third-order valence-corrected chi connectivity index (χ3v) is 8.30. The van der Waals surface area contributed by atoms with E-state index in [1.807, 2.05) is 36.4 Å². The summed E-state index contributed by atoms with van der Waals surface area (Å²) in [6.45, 7) is 4.47. The van der Waals surface area contributed by atoms with Gasteiger partial charge in [-0.15, -0.1) is 0 Å². The highest BCUT2D eigenvalue weighted by Gasteiger charge is 2.24. The maximum atomic E-state index is 12.6. The predicted octanol–water partition coefficient (Wildman–Crippen LogP) is 11.0. The molecular formula is C38H50O4. The van der Waals surface area contributed by atoms with Crippen LogP contribution in [0.2, 0.25) is 0 Å². The standard InChI is InChI=1S/C38H50O4/c1-3-5-7-9-11-13-15-17-29-19-23-31(24-20-29)33-27-28-34(37(39)40)35(36(33)38(41)42)32-25-21-30(22-26-32)18-16-14-12-10-8-6-4-2/h19-28H,3-18H2,1-2H3,(H,39,40)(H,41,42). The number of hydrogen-bond donors (Lipinski definition) is 2. The lowest BCUT2D eigenvalue weighted by molar-refractivity contribution is 0.0696. The van der Waals surface area contributed by atoms with E-state index < -0.39 is 11.9 Å². The first-order chi connectivity index (χ1) is 20.5. The second kappa shape index (κ2) is 18.2. The maximum Gasteiger partial charge on any atom is 0.336 e. The van der Waals surface area contributed by atoms with Crippen molar-refractivity contribution in [1.29, 1.82) is 0 Å². The highest BCUT2D eigenvalue weighted by atomic mass is 16.4. The Morgan fingerprint density at radius 1 is 0.500 bits per heavy atom. The zero-order chi connectivity index (χ0) is 30.2. The zero-order valence-electron chi connectivity index (χ0n) is 25.8. The molecule has 0 fully saturated rings. The molecule has 226 valence electrons. The summed E-state index contributed by atoms with van der Waals surface area (Å²) < 4.78 is 0. The number of carboxylic acids is 2. The molecule has 0 aliphatic carbocycles. The molecule has 0 saturated heterocycles. The van der Waals surface area contributed by atoms with Crippen LogP contribution in [0.15, 0.2) is 60.7 Å². The van der Waals surface area contributed by atoms with Gasteiger partial charge in [0.25, 0.3) is 0 Å².